The number of hydrogen-bond acceptors (Lipinski definition) is 2. The largest absolute Gasteiger partial charge is 0.290 e. The first-order valence-electron chi connectivity index (χ1n) is 4.94. The molecule has 0 bridgehead atoms. The second kappa shape index (κ2) is 3.46. The molecule has 2 nitrogen and oxygen atoms in total. The van der Waals surface area contributed by atoms with Gasteiger partial charge in [-0.05, 0) is 19.9 Å². The number of rotatable bonds is 1. The average molecular weight is 200 g/mol. The molecule has 0 aromatic carbocycles. The molecule has 0 saturated carbocycles. The third-order valence-electron chi connectivity index (χ3n) is 2.81. The van der Waals surface area contributed by atoms with Crippen molar-refractivity contribution in [3.05, 3.63) is 47.1 Å². The van der Waals surface area contributed by atoms with E-state index in [0.29, 0.717) is 16.7 Å². The predicted octanol–water partition coefficient (Wildman–Crippen LogP) is 2.14. The highest BCUT2D eigenvalue weighted by Gasteiger charge is 2.27. The van der Waals surface area contributed by atoms with E-state index in [0.717, 1.165) is 0 Å². The molecule has 0 saturated heterocycles. The smallest absolute Gasteiger partial charge is 0.186 e. The second-order valence-electron chi connectivity index (χ2n) is 3.85. The Balaban J connectivity index is 2.48. The molecular weight excluding hydrogens is 188 g/mol. The van der Waals surface area contributed by atoms with Crippen LogP contribution in [-0.2, 0) is 9.59 Å². The molecule has 2 heteroatoms. The highest BCUT2D eigenvalue weighted by Crippen LogP contribution is 2.28. The Bertz CT molecular complexity index is 447. The lowest BCUT2D eigenvalue weighted by Gasteiger charge is -2.17. The summed E-state index contributed by atoms with van der Waals surface area (Å²) in [5.41, 5.74) is 1.74. The van der Waals surface area contributed by atoms with Crippen molar-refractivity contribution in [2.24, 2.45) is 5.92 Å². The van der Waals surface area contributed by atoms with Crippen molar-refractivity contribution in [3.8, 4) is 0 Å². The maximum Gasteiger partial charge on any atom is 0.186 e. The van der Waals surface area contributed by atoms with Crippen LogP contribution in [0.25, 0.3) is 0 Å². The molecule has 2 rings (SSSR count). The fourth-order valence-corrected chi connectivity index (χ4v) is 1.91. The summed E-state index contributed by atoms with van der Waals surface area (Å²) in [5, 5.41) is 0. The van der Waals surface area contributed by atoms with Crippen molar-refractivity contribution in [1.82, 2.24) is 0 Å². The van der Waals surface area contributed by atoms with E-state index in [4.69, 9.17) is 0 Å². The average Bonchev–Trinajstić information content (AvgIpc) is 2.69. The molecule has 0 unspecified atom stereocenters. The minimum absolute atomic E-state index is 0.00620. The number of hydrogen-bond donors (Lipinski definition) is 0. The Kier molecular flexibility index (Phi) is 2.27. The molecule has 0 N–H and O–H groups in total. The van der Waals surface area contributed by atoms with E-state index in [2.05, 4.69) is 0 Å². The van der Waals surface area contributed by atoms with Crippen molar-refractivity contribution < 1.29 is 9.59 Å². The molecule has 0 spiro atoms. The summed E-state index contributed by atoms with van der Waals surface area (Å²) in [6.45, 7) is 3.41. The van der Waals surface area contributed by atoms with Crippen molar-refractivity contribution in [2.45, 2.75) is 13.8 Å². The summed E-state index contributed by atoms with van der Waals surface area (Å²) in [6.07, 6.45) is 9.08. The standard InChI is InChI=1S/C13H12O2/c1-8-7-11(14)9(2)12(13(8)15)10-5-3-4-6-10/h3-7,10H,1-2H3. The zero-order valence-electron chi connectivity index (χ0n) is 8.78. The Morgan fingerprint density at radius 2 is 1.67 bits per heavy atom. The fourth-order valence-electron chi connectivity index (χ4n) is 1.91. The van der Waals surface area contributed by atoms with Gasteiger partial charge in [0.2, 0.25) is 0 Å². The van der Waals surface area contributed by atoms with Crippen LogP contribution in [0.2, 0.25) is 0 Å². The predicted molar refractivity (Wildman–Crippen MR) is 58.2 cm³/mol. The normalized spacial score (nSPS) is 21.6. The van der Waals surface area contributed by atoms with E-state index in [-0.39, 0.29) is 17.5 Å². The van der Waals surface area contributed by atoms with E-state index in [1.807, 2.05) is 24.3 Å². The third-order valence-corrected chi connectivity index (χ3v) is 2.81. The Labute approximate surface area is 88.7 Å². The van der Waals surface area contributed by atoms with Crippen LogP contribution in [0.3, 0.4) is 0 Å². The van der Waals surface area contributed by atoms with Gasteiger partial charge < -0.3 is 0 Å². The monoisotopic (exact) mass is 200 g/mol. The maximum absolute atomic E-state index is 11.9. The Hall–Kier alpha value is -1.70. The van der Waals surface area contributed by atoms with Crippen LogP contribution in [0.15, 0.2) is 47.1 Å². The van der Waals surface area contributed by atoms with Gasteiger partial charge in [0.05, 0.1) is 0 Å². The van der Waals surface area contributed by atoms with Gasteiger partial charge in [-0.3, -0.25) is 9.59 Å². The first kappa shape index (κ1) is 9.84. The van der Waals surface area contributed by atoms with Gasteiger partial charge in [0, 0.05) is 22.6 Å². The minimum atomic E-state index is -0.0456. The number of ketones is 2. The van der Waals surface area contributed by atoms with Gasteiger partial charge in [0.25, 0.3) is 0 Å². The van der Waals surface area contributed by atoms with Crippen molar-refractivity contribution in [1.29, 1.82) is 0 Å². The SMILES string of the molecule is CC1=CC(=O)C(C)=C(C2C=CC=C2)C1=O. The number of Topliss-reactive ketones (excluding diaryl/α,β-unsaturated/α-hetero) is 1. The minimum Gasteiger partial charge on any atom is -0.290 e. The molecule has 0 aromatic rings. The Morgan fingerprint density at radius 3 is 2.27 bits per heavy atom. The first-order chi connectivity index (χ1) is 7.11. The van der Waals surface area contributed by atoms with Crippen molar-refractivity contribution in [3.63, 3.8) is 0 Å². The fraction of sp³-hybridized carbons (Fsp3) is 0.231. The zero-order valence-corrected chi connectivity index (χ0v) is 8.78. The van der Waals surface area contributed by atoms with Gasteiger partial charge in [-0.1, -0.05) is 24.3 Å². The van der Waals surface area contributed by atoms with Crippen LogP contribution in [0.5, 0.6) is 0 Å². The van der Waals surface area contributed by atoms with Crippen LogP contribution in [0, 0.1) is 5.92 Å². The van der Waals surface area contributed by atoms with Gasteiger partial charge in [0.1, 0.15) is 0 Å². The molecule has 0 aromatic heterocycles. The molecule has 0 fully saturated rings. The van der Waals surface area contributed by atoms with Gasteiger partial charge in [-0.15, -0.1) is 0 Å². The molecule has 2 aliphatic carbocycles. The maximum atomic E-state index is 11.9. The highest BCUT2D eigenvalue weighted by molar-refractivity contribution is 6.22. The summed E-state index contributed by atoms with van der Waals surface area (Å²) >= 11 is 0. The summed E-state index contributed by atoms with van der Waals surface area (Å²) in [6, 6.07) is 0. The topological polar surface area (TPSA) is 34.1 Å². The number of allylic oxidation sites excluding steroid dienone is 8. The lowest BCUT2D eigenvalue weighted by molar-refractivity contribution is -0.116. The van der Waals surface area contributed by atoms with Crippen LogP contribution >= 0.6 is 0 Å². The Morgan fingerprint density at radius 1 is 1.07 bits per heavy atom. The van der Waals surface area contributed by atoms with Crippen molar-refractivity contribution in [2.75, 3.05) is 0 Å². The molecular formula is C13H12O2. The molecule has 2 aliphatic rings. The molecule has 0 aliphatic heterocycles. The summed E-state index contributed by atoms with van der Waals surface area (Å²) < 4.78 is 0. The van der Waals surface area contributed by atoms with E-state index in [1.165, 1.54) is 6.08 Å². The first-order valence-corrected chi connectivity index (χ1v) is 4.94. The van der Waals surface area contributed by atoms with Gasteiger partial charge in [-0.25, -0.2) is 0 Å². The molecule has 15 heavy (non-hydrogen) atoms. The summed E-state index contributed by atoms with van der Waals surface area (Å²) in [7, 11) is 0. The van der Waals surface area contributed by atoms with Gasteiger partial charge in [0.15, 0.2) is 11.6 Å². The second-order valence-corrected chi connectivity index (χ2v) is 3.85. The highest BCUT2D eigenvalue weighted by atomic mass is 16.1. The molecule has 0 heterocycles. The zero-order chi connectivity index (χ0) is 11.0. The van der Waals surface area contributed by atoms with E-state index in [1.54, 1.807) is 13.8 Å². The number of carbonyl (C=O) groups is 2. The number of carbonyl (C=O) groups excluding carboxylic acids is 2. The quantitative estimate of drug-likeness (QED) is 0.608. The van der Waals surface area contributed by atoms with E-state index >= 15 is 0 Å². The van der Waals surface area contributed by atoms with Crippen LogP contribution in [-0.4, -0.2) is 11.6 Å². The lowest BCUT2D eigenvalue weighted by atomic mass is 9.84. The van der Waals surface area contributed by atoms with Gasteiger partial charge >= 0.3 is 0 Å². The third kappa shape index (κ3) is 1.52. The molecule has 76 valence electrons. The van der Waals surface area contributed by atoms with Crippen LogP contribution in [0.4, 0.5) is 0 Å². The lowest BCUT2D eigenvalue weighted by Crippen LogP contribution is -2.20. The van der Waals surface area contributed by atoms with Gasteiger partial charge in [-0.2, -0.15) is 0 Å². The molecule has 0 amide bonds. The summed E-state index contributed by atoms with van der Waals surface area (Å²) in [5.74, 6) is -0.0748. The van der Waals surface area contributed by atoms with Crippen molar-refractivity contribution >= 4 is 11.6 Å². The molecule has 0 atom stereocenters. The van der Waals surface area contributed by atoms with E-state index in [9.17, 15) is 9.59 Å². The van der Waals surface area contributed by atoms with E-state index < -0.39 is 0 Å². The van der Waals surface area contributed by atoms with Crippen LogP contribution < -0.4 is 0 Å². The molecule has 0 radical (unpaired) electrons. The van der Waals surface area contributed by atoms with Crippen LogP contribution in [0.1, 0.15) is 13.8 Å². The summed E-state index contributed by atoms with van der Waals surface area (Å²) in [4.78, 5) is 23.5.